The Morgan fingerprint density at radius 3 is 2.53 bits per heavy atom. The van der Waals surface area contributed by atoms with Gasteiger partial charge in [-0.05, 0) is 51.5 Å². The molecule has 3 aromatic rings. The molecule has 0 spiro atoms. The maximum absolute atomic E-state index is 12.3. The smallest absolute Gasteiger partial charge is 0.408 e. The summed E-state index contributed by atoms with van der Waals surface area (Å²) in [6, 6.07) is 11.1. The average Bonchev–Trinajstić information content (AvgIpc) is 3.06. The minimum Gasteiger partial charge on any atom is -0.464 e. The van der Waals surface area contributed by atoms with Crippen LogP contribution in [0.2, 0.25) is 0 Å². The zero-order valence-electron chi connectivity index (χ0n) is 18.1. The van der Waals surface area contributed by atoms with E-state index in [2.05, 4.69) is 5.32 Å². The van der Waals surface area contributed by atoms with Gasteiger partial charge >= 0.3 is 12.1 Å². The molecule has 0 saturated carbocycles. The van der Waals surface area contributed by atoms with Crippen molar-refractivity contribution < 1.29 is 19.1 Å². The number of carbonyl (C=O) groups is 2. The van der Waals surface area contributed by atoms with E-state index in [1.165, 1.54) is 7.11 Å². The highest BCUT2D eigenvalue weighted by Crippen LogP contribution is 2.30. The van der Waals surface area contributed by atoms with E-state index >= 15 is 0 Å². The predicted octanol–water partition coefficient (Wildman–Crippen LogP) is 4.61. The first kappa shape index (κ1) is 21.4. The molecule has 0 aliphatic rings. The zero-order valence-corrected chi connectivity index (χ0v) is 18.1. The first-order chi connectivity index (χ1) is 14.1. The molecule has 1 aromatic carbocycles. The van der Waals surface area contributed by atoms with Crippen molar-refractivity contribution in [2.75, 3.05) is 7.11 Å². The van der Waals surface area contributed by atoms with Crippen molar-refractivity contribution in [1.29, 1.82) is 0 Å². The molecule has 1 amide bonds. The number of amides is 1. The number of carbonyl (C=O) groups excluding carboxylic acids is 2. The Morgan fingerprint density at radius 2 is 1.87 bits per heavy atom. The van der Waals surface area contributed by atoms with Crippen LogP contribution in [0.1, 0.15) is 49.8 Å². The number of hydrogen-bond acceptors (Lipinski definition) is 5. The molecule has 2 aromatic heterocycles. The highest BCUT2D eigenvalue weighted by atomic mass is 16.6. The summed E-state index contributed by atoms with van der Waals surface area (Å²) in [7, 11) is 3.13. The number of aromatic nitrogens is 2. The van der Waals surface area contributed by atoms with Crippen molar-refractivity contribution in [3.63, 3.8) is 0 Å². The maximum atomic E-state index is 12.3. The van der Waals surface area contributed by atoms with Crippen LogP contribution in [0.4, 0.5) is 4.79 Å². The second-order valence-electron chi connectivity index (χ2n) is 8.20. The number of para-hydroxylation sites is 1. The van der Waals surface area contributed by atoms with Crippen LogP contribution in [-0.2, 0) is 16.5 Å². The second kappa shape index (κ2) is 8.18. The normalized spacial score (nSPS) is 12.5. The van der Waals surface area contributed by atoms with Gasteiger partial charge in [-0.2, -0.15) is 0 Å². The van der Waals surface area contributed by atoms with Crippen LogP contribution in [0.25, 0.3) is 22.2 Å². The molecule has 2 heterocycles. The third kappa shape index (κ3) is 4.62. The lowest BCUT2D eigenvalue weighted by Crippen LogP contribution is -2.34. The molecule has 0 radical (unpaired) electrons. The van der Waals surface area contributed by atoms with Crippen LogP contribution >= 0.6 is 0 Å². The summed E-state index contributed by atoms with van der Waals surface area (Å²) in [4.78, 5) is 29.0. The fraction of sp³-hybridized carbons (Fsp3) is 0.348. The Kier molecular flexibility index (Phi) is 5.82. The molecule has 1 atom stereocenters. The van der Waals surface area contributed by atoms with E-state index in [-0.39, 0.29) is 6.04 Å². The topological polar surface area (TPSA) is 82.4 Å². The minimum absolute atomic E-state index is 0.310. The van der Waals surface area contributed by atoms with Crippen molar-refractivity contribution in [1.82, 2.24) is 14.9 Å². The highest BCUT2D eigenvalue weighted by molar-refractivity contribution is 5.91. The van der Waals surface area contributed by atoms with E-state index in [1.807, 2.05) is 64.2 Å². The van der Waals surface area contributed by atoms with E-state index in [0.29, 0.717) is 11.4 Å². The molecule has 7 heteroatoms. The number of aryl methyl sites for hydroxylation is 1. The van der Waals surface area contributed by atoms with Gasteiger partial charge in [-0.3, -0.25) is 0 Å². The van der Waals surface area contributed by atoms with Crippen molar-refractivity contribution in [3.8, 4) is 11.3 Å². The van der Waals surface area contributed by atoms with Crippen molar-refractivity contribution in [3.05, 3.63) is 53.9 Å². The number of fused-ring (bicyclic) bond motifs is 1. The largest absolute Gasteiger partial charge is 0.464 e. The molecule has 1 N–H and O–H groups in total. The Labute approximate surface area is 176 Å². The summed E-state index contributed by atoms with van der Waals surface area (Å²) in [6.45, 7) is 7.38. The predicted molar refractivity (Wildman–Crippen MR) is 115 cm³/mol. The van der Waals surface area contributed by atoms with Gasteiger partial charge in [-0.1, -0.05) is 18.2 Å². The van der Waals surface area contributed by atoms with Crippen LogP contribution in [0, 0.1) is 0 Å². The third-order valence-electron chi connectivity index (χ3n) is 4.64. The molecule has 0 aliphatic carbocycles. The molecule has 0 unspecified atom stereocenters. The first-order valence-electron chi connectivity index (χ1n) is 9.73. The summed E-state index contributed by atoms with van der Waals surface area (Å²) in [5.41, 5.74) is 3.05. The second-order valence-corrected chi connectivity index (χ2v) is 8.20. The van der Waals surface area contributed by atoms with Crippen LogP contribution in [0.3, 0.4) is 0 Å². The van der Waals surface area contributed by atoms with Gasteiger partial charge in [0.15, 0.2) is 0 Å². The third-order valence-corrected chi connectivity index (χ3v) is 4.64. The Hall–Kier alpha value is -3.35. The summed E-state index contributed by atoms with van der Waals surface area (Å²) in [6.07, 6.45) is 1.35. The quantitative estimate of drug-likeness (QED) is 0.636. The number of alkyl carbamates (subject to hydrolysis) is 1. The van der Waals surface area contributed by atoms with Gasteiger partial charge < -0.3 is 19.4 Å². The summed E-state index contributed by atoms with van der Waals surface area (Å²) in [5, 5.41) is 3.84. The molecular weight excluding hydrogens is 382 g/mol. The van der Waals surface area contributed by atoms with E-state index < -0.39 is 17.7 Å². The van der Waals surface area contributed by atoms with Gasteiger partial charge in [-0.15, -0.1) is 0 Å². The van der Waals surface area contributed by atoms with Gasteiger partial charge in [0.1, 0.15) is 11.3 Å². The maximum Gasteiger partial charge on any atom is 0.408 e. The number of rotatable bonds is 4. The van der Waals surface area contributed by atoms with Crippen molar-refractivity contribution in [2.24, 2.45) is 7.05 Å². The van der Waals surface area contributed by atoms with E-state index in [9.17, 15) is 9.59 Å². The zero-order chi connectivity index (χ0) is 22.1. The van der Waals surface area contributed by atoms with Gasteiger partial charge in [-0.25, -0.2) is 14.6 Å². The molecule has 3 rings (SSSR count). The SMILES string of the molecule is COC(=O)c1cc(-c2cc([C@@H](C)NC(=O)OC(C)(C)C)c3ccccc3n2)cn1C. The molecule has 30 heavy (non-hydrogen) atoms. The van der Waals surface area contributed by atoms with Gasteiger partial charge in [0.05, 0.1) is 24.4 Å². The van der Waals surface area contributed by atoms with Crippen molar-refractivity contribution >= 4 is 23.0 Å². The van der Waals surface area contributed by atoms with Crippen molar-refractivity contribution in [2.45, 2.75) is 39.3 Å². The Morgan fingerprint density at radius 1 is 1.17 bits per heavy atom. The van der Waals surface area contributed by atoms with E-state index in [4.69, 9.17) is 14.5 Å². The van der Waals surface area contributed by atoms with Gasteiger partial charge in [0.2, 0.25) is 0 Å². The molecule has 0 aliphatic heterocycles. The molecular formula is C23H27N3O4. The van der Waals surface area contributed by atoms with Crippen LogP contribution in [-0.4, -0.2) is 34.3 Å². The Bertz CT molecular complexity index is 1100. The number of esters is 1. The van der Waals surface area contributed by atoms with Crippen LogP contribution in [0.15, 0.2) is 42.6 Å². The Balaban J connectivity index is 2.03. The van der Waals surface area contributed by atoms with Crippen LogP contribution < -0.4 is 5.32 Å². The first-order valence-corrected chi connectivity index (χ1v) is 9.73. The molecule has 7 nitrogen and oxygen atoms in total. The highest BCUT2D eigenvalue weighted by Gasteiger charge is 2.21. The number of ether oxygens (including phenoxy) is 2. The monoisotopic (exact) mass is 409 g/mol. The lowest BCUT2D eigenvalue weighted by Gasteiger charge is -2.23. The summed E-state index contributed by atoms with van der Waals surface area (Å²) < 4.78 is 11.9. The standard InChI is InChI=1S/C23H27N3O4/c1-14(24-22(28)30-23(2,3)4)17-12-19(25-18-10-8-7-9-16(17)18)15-11-20(21(27)29-6)26(5)13-15/h7-14H,1-6H3,(H,24,28)/t14-/m1/s1. The fourth-order valence-electron chi connectivity index (χ4n) is 3.28. The van der Waals surface area contributed by atoms with E-state index in [1.54, 1.807) is 17.7 Å². The lowest BCUT2D eigenvalue weighted by atomic mass is 10.0. The van der Waals surface area contributed by atoms with Crippen LogP contribution in [0.5, 0.6) is 0 Å². The number of nitrogens with one attached hydrogen (secondary N) is 1. The molecule has 0 fully saturated rings. The number of methoxy groups -OCH3 is 1. The number of nitrogens with zero attached hydrogens (tertiary/aromatic N) is 2. The summed E-state index contributed by atoms with van der Waals surface area (Å²) in [5.74, 6) is -0.412. The van der Waals surface area contributed by atoms with Gasteiger partial charge in [0, 0.05) is 24.2 Å². The summed E-state index contributed by atoms with van der Waals surface area (Å²) >= 11 is 0. The van der Waals surface area contributed by atoms with E-state index in [0.717, 1.165) is 22.0 Å². The number of benzene rings is 1. The fourth-order valence-corrected chi connectivity index (χ4v) is 3.28. The lowest BCUT2D eigenvalue weighted by molar-refractivity contribution is 0.0507. The minimum atomic E-state index is -0.580. The average molecular weight is 409 g/mol. The molecule has 0 saturated heterocycles. The van der Waals surface area contributed by atoms with Gasteiger partial charge in [0.25, 0.3) is 0 Å². The number of pyridine rings is 1. The number of hydrogen-bond donors (Lipinski definition) is 1. The molecule has 158 valence electrons. The molecule has 0 bridgehead atoms.